The largest absolute Gasteiger partial charge is 0.381 e. The molecule has 1 aromatic rings. The molecule has 2 atom stereocenters. The summed E-state index contributed by atoms with van der Waals surface area (Å²) in [6.45, 7) is 6.58. The Bertz CT molecular complexity index is 447. The zero-order chi connectivity index (χ0) is 14.0. The third kappa shape index (κ3) is 2.39. The predicted molar refractivity (Wildman–Crippen MR) is 77.6 cm³/mol. The first kappa shape index (κ1) is 14.1. The molecule has 1 aromatic heterocycles. The molecule has 19 heavy (non-hydrogen) atoms. The monoisotopic (exact) mass is 264 g/mol. The lowest BCUT2D eigenvalue weighted by Crippen LogP contribution is -2.57. The van der Waals surface area contributed by atoms with Gasteiger partial charge < -0.3 is 15.4 Å². The van der Waals surface area contributed by atoms with E-state index < -0.39 is 0 Å². The molecule has 2 N–H and O–H groups in total. The third-order valence-electron chi connectivity index (χ3n) is 4.31. The summed E-state index contributed by atoms with van der Waals surface area (Å²) in [5, 5.41) is 6.68. The van der Waals surface area contributed by atoms with Crippen LogP contribution in [0, 0.1) is 5.41 Å². The molecule has 1 fully saturated rings. The molecule has 0 amide bonds. The van der Waals surface area contributed by atoms with E-state index in [9.17, 15) is 0 Å². The minimum atomic E-state index is 0.129. The Morgan fingerprint density at radius 2 is 2.05 bits per heavy atom. The SMILES string of the molecule is CCc1c(NC)ncnc1NC1CC(OC)C1(C)C. The molecule has 1 heterocycles. The summed E-state index contributed by atoms with van der Waals surface area (Å²) in [6.07, 6.45) is 3.85. The molecule has 0 bridgehead atoms. The Hall–Kier alpha value is -1.36. The van der Waals surface area contributed by atoms with Gasteiger partial charge in [-0.2, -0.15) is 0 Å². The third-order valence-corrected chi connectivity index (χ3v) is 4.31. The van der Waals surface area contributed by atoms with E-state index in [-0.39, 0.29) is 5.41 Å². The summed E-state index contributed by atoms with van der Waals surface area (Å²) in [4.78, 5) is 8.65. The van der Waals surface area contributed by atoms with Crippen molar-refractivity contribution in [3.8, 4) is 0 Å². The van der Waals surface area contributed by atoms with Gasteiger partial charge in [0.1, 0.15) is 18.0 Å². The molecule has 0 radical (unpaired) electrons. The summed E-state index contributed by atoms with van der Waals surface area (Å²) in [5.74, 6) is 1.84. The molecule has 5 nitrogen and oxygen atoms in total. The highest BCUT2D eigenvalue weighted by Crippen LogP contribution is 2.44. The molecule has 0 saturated heterocycles. The van der Waals surface area contributed by atoms with Gasteiger partial charge in [0.25, 0.3) is 0 Å². The Morgan fingerprint density at radius 3 is 2.58 bits per heavy atom. The topological polar surface area (TPSA) is 59.1 Å². The Balaban J connectivity index is 2.17. The minimum absolute atomic E-state index is 0.129. The van der Waals surface area contributed by atoms with Gasteiger partial charge in [-0.15, -0.1) is 0 Å². The quantitative estimate of drug-likeness (QED) is 0.854. The van der Waals surface area contributed by atoms with Gasteiger partial charge in [0.15, 0.2) is 0 Å². The van der Waals surface area contributed by atoms with Gasteiger partial charge >= 0.3 is 0 Å². The van der Waals surface area contributed by atoms with Gasteiger partial charge in [-0.3, -0.25) is 0 Å². The highest BCUT2D eigenvalue weighted by atomic mass is 16.5. The van der Waals surface area contributed by atoms with Crippen LogP contribution in [0.25, 0.3) is 0 Å². The van der Waals surface area contributed by atoms with Crippen molar-refractivity contribution in [3.63, 3.8) is 0 Å². The molecule has 2 unspecified atom stereocenters. The van der Waals surface area contributed by atoms with Crippen molar-refractivity contribution in [1.29, 1.82) is 0 Å². The van der Waals surface area contributed by atoms with Crippen LogP contribution < -0.4 is 10.6 Å². The van der Waals surface area contributed by atoms with Crippen LogP contribution in [0.1, 0.15) is 32.8 Å². The first-order valence-corrected chi connectivity index (χ1v) is 6.85. The van der Waals surface area contributed by atoms with Crippen molar-refractivity contribution in [2.24, 2.45) is 5.41 Å². The second kappa shape index (κ2) is 5.33. The zero-order valence-corrected chi connectivity index (χ0v) is 12.4. The molecule has 1 saturated carbocycles. The van der Waals surface area contributed by atoms with Crippen LogP contribution in [-0.2, 0) is 11.2 Å². The van der Waals surface area contributed by atoms with Gasteiger partial charge in [0.05, 0.1) is 6.10 Å². The normalized spacial score (nSPS) is 24.7. The maximum absolute atomic E-state index is 5.49. The van der Waals surface area contributed by atoms with E-state index in [1.54, 1.807) is 13.4 Å². The predicted octanol–water partition coefficient (Wildman–Crippen LogP) is 2.31. The highest BCUT2D eigenvalue weighted by molar-refractivity contribution is 5.57. The maximum Gasteiger partial charge on any atom is 0.134 e. The van der Waals surface area contributed by atoms with Crippen LogP contribution in [0.2, 0.25) is 0 Å². The Morgan fingerprint density at radius 1 is 1.37 bits per heavy atom. The second-order valence-electron chi connectivity index (χ2n) is 5.63. The molecule has 106 valence electrons. The second-order valence-corrected chi connectivity index (χ2v) is 5.63. The molecule has 0 aliphatic heterocycles. The van der Waals surface area contributed by atoms with E-state index in [1.807, 2.05) is 7.05 Å². The van der Waals surface area contributed by atoms with Gasteiger partial charge in [0.2, 0.25) is 0 Å². The standard InChI is InChI=1S/C14H24N4O/c1-6-9-12(15-4)16-8-17-13(9)18-10-7-11(19-5)14(10,2)3/h8,10-11H,6-7H2,1-5H3,(H2,15,16,17,18). The maximum atomic E-state index is 5.49. The van der Waals surface area contributed by atoms with E-state index in [4.69, 9.17) is 4.74 Å². The number of hydrogen-bond donors (Lipinski definition) is 2. The van der Waals surface area contributed by atoms with Crippen LogP contribution in [0.15, 0.2) is 6.33 Å². The number of rotatable bonds is 5. The number of methoxy groups -OCH3 is 1. The van der Waals surface area contributed by atoms with E-state index in [0.717, 1.165) is 30.0 Å². The molecular formula is C14H24N4O. The van der Waals surface area contributed by atoms with E-state index in [1.165, 1.54) is 0 Å². The molecule has 1 aliphatic carbocycles. The summed E-state index contributed by atoms with van der Waals surface area (Å²) in [7, 11) is 3.67. The van der Waals surface area contributed by atoms with Crippen molar-refractivity contribution in [2.45, 2.75) is 45.8 Å². The first-order chi connectivity index (χ1) is 9.04. The molecular weight excluding hydrogens is 240 g/mol. The van der Waals surface area contributed by atoms with Crippen LogP contribution in [0.4, 0.5) is 11.6 Å². The summed E-state index contributed by atoms with van der Waals surface area (Å²) in [5.41, 5.74) is 1.27. The van der Waals surface area contributed by atoms with Crippen LogP contribution in [0.3, 0.4) is 0 Å². The summed E-state index contributed by atoms with van der Waals surface area (Å²) >= 11 is 0. The van der Waals surface area contributed by atoms with Crippen LogP contribution in [-0.4, -0.2) is 36.3 Å². The molecule has 1 aliphatic rings. The number of ether oxygens (including phenoxy) is 1. The van der Waals surface area contributed by atoms with Gasteiger partial charge in [-0.05, 0) is 12.8 Å². The summed E-state index contributed by atoms with van der Waals surface area (Å²) in [6, 6.07) is 0.391. The van der Waals surface area contributed by atoms with Crippen molar-refractivity contribution in [3.05, 3.63) is 11.9 Å². The average Bonchev–Trinajstić information content (AvgIpc) is 2.42. The minimum Gasteiger partial charge on any atom is -0.381 e. The number of nitrogens with one attached hydrogen (secondary N) is 2. The number of anilines is 2. The molecule has 5 heteroatoms. The molecule has 2 rings (SSSR count). The summed E-state index contributed by atoms with van der Waals surface area (Å²) < 4.78 is 5.49. The Labute approximate surface area is 115 Å². The van der Waals surface area contributed by atoms with Crippen molar-refractivity contribution in [1.82, 2.24) is 9.97 Å². The number of aromatic nitrogens is 2. The van der Waals surface area contributed by atoms with Crippen LogP contribution >= 0.6 is 0 Å². The number of hydrogen-bond acceptors (Lipinski definition) is 5. The zero-order valence-electron chi connectivity index (χ0n) is 12.4. The first-order valence-electron chi connectivity index (χ1n) is 6.85. The smallest absolute Gasteiger partial charge is 0.134 e. The molecule has 0 aromatic carbocycles. The van der Waals surface area contributed by atoms with Gasteiger partial charge in [-0.1, -0.05) is 20.8 Å². The van der Waals surface area contributed by atoms with E-state index in [0.29, 0.717) is 12.1 Å². The van der Waals surface area contributed by atoms with Gasteiger partial charge in [-0.25, -0.2) is 9.97 Å². The molecule has 0 spiro atoms. The van der Waals surface area contributed by atoms with E-state index in [2.05, 4.69) is 41.4 Å². The van der Waals surface area contributed by atoms with Crippen molar-refractivity contribution < 1.29 is 4.74 Å². The lowest BCUT2D eigenvalue weighted by Gasteiger charge is -2.51. The fraction of sp³-hybridized carbons (Fsp3) is 0.714. The fourth-order valence-electron chi connectivity index (χ4n) is 2.78. The fourth-order valence-corrected chi connectivity index (χ4v) is 2.78. The highest BCUT2D eigenvalue weighted by Gasteiger charge is 2.48. The Kier molecular flexibility index (Phi) is 3.94. The van der Waals surface area contributed by atoms with Crippen molar-refractivity contribution in [2.75, 3.05) is 24.8 Å². The lowest BCUT2D eigenvalue weighted by atomic mass is 9.64. The van der Waals surface area contributed by atoms with Crippen LogP contribution in [0.5, 0.6) is 0 Å². The number of nitrogens with zero attached hydrogens (tertiary/aromatic N) is 2. The van der Waals surface area contributed by atoms with Gasteiger partial charge in [0, 0.05) is 31.2 Å². The lowest BCUT2D eigenvalue weighted by molar-refractivity contribution is -0.0795. The van der Waals surface area contributed by atoms with E-state index >= 15 is 0 Å². The van der Waals surface area contributed by atoms with Crippen molar-refractivity contribution >= 4 is 11.6 Å². The average molecular weight is 264 g/mol.